The highest BCUT2D eigenvalue weighted by molar-refractivity contribution is 6.30. The molecule has 2 aromatic rings. The second-order valence-corrected chi connectivity index (χ2v) is 8.60. The molecule has 1 fully saturated rings. The maximum absolute atomic E-state index is 13.3. The van der Waals surface area contributed by atoms with Gasteiger partial charge in [0.15, 0.2) is 0 Å². The van der Waals surface area contributed by atoms with Gasteiger partial charge < -0.3 is 9.80 Å². The molecule has 2 aliphatic rings. The SMILES string of the molecule is Cc1cc(Cl)cc2c1N(C(=O)C1CCN(C(=O)C=Cc3ccccc3)CC1)CCC2. The molecule has 5 heteroatoms. The molecule has 2 aromatic carbocycles. The van der Waals surface area contributed by atoms with E-state index in [0.717, 1.165) is 41.2 Å². The first kappa shape index (κ1) is 20.7. The van der Waals surface area contributed by atoms with Gasteiger partial charge in [0.05, 0.1) is 0 Å². The molecule has 0 saturated carbocycles. The van der Waals surface area contributed by atoms with Gasteiger partial charge in [0, 0.05) is 42.3 Å². The number of anilines is 1. The van der Waals surface area contributed by atoms with Crippen molar-refractivity contribution in [3.05, 3.63) is 70.3 Å². The zero-order chi connectivity index (χ0) is 21.1. The van der Waals surface area contributed by atoms with Gasteiger partial charge in [0.1, 0.15) is 0 Å². The van der Waals surface area contributed by atoms with Crippen LogP contribution in [-0.4, -0.2) is 36.3 Å². The summed E-state index contributed by atoms with van der Waals surface area (Å²) in [6.45, 7) is 4.02. The third kappa shape index (κ3) is 4.44. The van der Waals surface area contributed by atoms with Gasteiger partial charge in [-0.25, -0.2) is 0 Å². The van der Waals surface area contributed by atoms with Crippen molar-refractivity contribution in [1.82, 2.24) is 4.90 Å². The molecule has 156 valence electrons. The summed E-state index contributed by atoms with van der Waals surface area (Å²) in [5, 5.41) is 0.732. The van der Waals surface area contributed by atoms with Crippen LogP contribution in [0.2, 0.25) is 5.02 Å². The highest BCUT2D eigenvalue weighted by atomic mass is 35.5. The lowest BCUT2D eigenvalue weighted by molar-refractivity contribution is -0.131. The molecule has 0 bridgehead atoms. The van der Waals surface area contributed by atoms with E-state index in [9.17, 15) is 9.59 Å². The fraction of sp³-hybridized carbons (Fsp3) is 0.360. The number of amides is 2. The molecule has 4 nitrogen and oxygen atoms in total. The van der Waals surface area contributed by atoms with Gasteiger partial charge in [-0.15, -0.1) is 0 Å². The van der Waals surface area contributed by atoms with E-state index in [-0.39, 0.29) is 17.7 Å². The van der Waals surface area contributed by atoms with Crippen LogP contribution in [0.5, 0.6) is 0 Å². The topological polar surface area (TPSA) is 40.6 Å². The molecule has 0 radical (unpaired) electrons. The Hall–Kier alpha value is -2.59. The van der Waals surface area contributed by atoms with Crippen molar-refractivity contribution in [2.45, 2.75) is 32.6 Å². The molecule has 1 saturated heterocycles. The lowest BCUT2D eigenvalue weighted by Gasteiger charge is -2.37. The summed E-state index contributed by atoms with van der Waals surface area (Å²) in [5.41, 5.74) is 4.28. The van der Waals surface area contributed by atoms with E-state index >= 15 is 0 Å². The van der Waals surface area contributed by atoms with Crippen LogP contribution in [0, 0.1) is 12.8 Å². The molecule has 0 aromatic heterocycles. The van der Waals surface area contributed by atoms with Crippen LogP contribution < -0.4 is 4.90 Å². The number of fused-ring (bicyclic) bond motifs is 1. The number of hydrogen-bond donors (Lipinski definition) is 0. The van der Waals surface area contributed by atoms with Crippen molar-refractivity contribution in [3.8, 4) is 0 Å². The Morgan fingerprint density at radius 2 is 1.80 bits per heavy atom. The van der Waals surface area contributed by atoms with Gasteiger partial charge in [0.25, 0.3) is 0 Å². The minimum absolute atomic E-state index is 0.0126. The van der Waals surface area contributed by atoms with Crippen molar-refractivity contribution < 1.29 is 9.59 Å². The molecule has 0 spiro atoms. The number of likely N-dealkylation sites (tertiary alicyclic amines) is 1. The number of carbonyl (C=O) groups excluding carboxylic acids is 2. The van der Waals surface area contributed by atoms with E-state index in [1.165, 1.54) is 5.56 Å². The predicted molar refractivity (Wildman–Crippen MR) is 122 cm³/mol. The number of nitrogens with zero attached hydrogens (tertiary/aromatic N) is 2. The molecule has 2 heterocycles. The van der Waals surface area contributed by atoms with E-state index in [1.807, 2.05) is 65.3 Å². The molecular weight excluding hydrogens is 396 g/mol. The van der Waals surface area contributed by atoms with Gasteiger partial charge in [-0.2, -0.15) is 0 Å². The third-order valence-corrected chi connectivity index (χ3v) is 6.30. The Kier molecular flexibility index (Phi) is 6.24. The van der Waals surface area contributed by atoms with E-state index in [2.05, 4.69) is 0 Å². The average molecular weight is 423 g/mol. The highest BCUT2D eigenvalue weighted by Crippen LogP contribution is 2.35. The van der Waals surface area contributed by atoms with E-state index in [1.54, 1.807) is 6.08 Å². The maximum Gasteiger partial charge on any atom is 0.246 e. The fourth-order valence-corrected chi connectivity index (χ4v) is 4.84. The molecule has 0 unspecified atom stereocenters. The summed E-state index contributed by atoms with van der Waals surface area (Å²) >= 11 is 6.22. The number of carbonyl (C=O) groups is 2. The monoisotopic (exact) mass is 422 g/mol. The number of aryl methyl sites for hydroxylation is 2. The van der Waals surface area contributed by atoms with Gasteiger partial charge >= 0.3 is 0 Å². The summed E-state index contributed by atoms with van der Waals surface area (Å²) in [6.07, 6.45) is 6.81. The van der Waals surface area contributed by atoms with Gasteiger partial charge in [-0.05, 0) is 67.5 Å². The Morgan fingerprint density at radius 3 is 2.53 bits per heavy atom. The molecule has 0 atom stereocenters. The summed E-state index contributed by atoms with van der Waals surface area (Å²) in [4.78, 5) is 29.6. The Labute approximate surface area is 183 Å². The predicted octanol–water partition coefficient (Wildman–Crippen LogP) is 4.88. The smallest absolute Gasteiger partial charge is 0.246 e. The van der Waals surface area contributed by atoms with Gasteiger partial charge in [0.2, 0.25) is 11.8 Å². The third-order valence-electron chi connectivity index (χ3n) is 6.08. The van der Waals surface area contributed by atoms with Gasteiger partial charge in [-0.3, -0.25) is 9.59 Å². The number of halogens is 1. The molecule has 2 aliphatic heterocycles. The van der Waals surface area contributed by atoms with Crippen LogP contribution in [0.4, 0.5) is 5.69 Å². The first-order chi connectivity index (χ1) is 14.5. The maximum atomic E-state index is 13.3. The van der Waals surface area contributed by atoms with Crippen molar-refractivity contribution in [2.75, 3.05) is 24.5 Å². The Bertz CT molecular complexity index is 963. The van der Waals surface area contributed by atoms with Crippen LogP contribution >= 0.6 is 11.6 Å². The Balaban J connectivity index is 1.39. The average Bonchev–Trinajstić information content (AvgIpc) is 2.77. The van der Waals surface area contributed by atoms with Crippen LogP contribution in [0.25, 0.3) is 6.08 Å². The molecular formula is C25H27ClN2O2. The summed E-state index contributed by atoms with van der Waals surface area (Å²) in [7, 11) is 0. The standard InChI is InChI=1S/C25H27ClN2O2/c1-18-16-22(26)17-21-8-5-13-28(24(18)21)25(30)20-11-14-27(15-12-20)23(29)10-9-19-6-3-2-4-7-19/h2-4,6-7,9-10,16-17,20H,5,8,11-15H2,1H3. The molecule has 0 N–H and O–H groups in total. The highest BCUT2D eigenvalue weighted by Gasteiger charge is 2.33. The summed E-state index contributed by atoms with van der Waals surface area (Å²) < 4.78 is 0. The normalized spacial score (nSPS) is 17.3. The van der Waals surface area contributed by atoms with Crippen molar-refractivity contribution in [2.24, 2.45) is 5.92 Å². The first-order valence-corrected chi connectivity index (χ1v) is 11.0. The minimum atomic E-state index is -0.0341. The summed E-state index contributed by atoms with van der Waals surface area (Å²) in [6, 6.07) is 13.7. The molecule has 0 aliphatic carbocycles. The van der Waals surface area contributed by atoms with E-state index < -0.39 is 0 Å². The second-order valence-electron chi connectivity index (χ2n) is 8.17. The number of benzene rings is 2. The van der Waals surface area contributed by atoms with Crippen LogP contribution in [0.1, 0.15) is 36.0 Å². The zero-order valence-corrected chi connectivity index (χ0v) is 18.1. The van der Waals surface area contributed by atoms with Crippen molar-refractivity contribution in [3.63, 3.8) is 0 Å². The Morgan fingerprint density at radius 1 is 1.07 bits per heavy atom. The van der Waals surface area contributed by atoms with Crippen LogP contribution in [0.3, 0.4) is 0 Å². The van der Waals surface area contributed by atoms with Gasteiger partial charge in [-0.1, -0.05) is 41.9 Å². The molecule has 4 rings (SSSR count). The number of piperidine rings is 1. The fourth-order valence-electron chi connectivity index (χ4n) is 4.55. The summed E-state index contributed by atoms with van der Waals surface area (Å²) in [5.74, 6) is 0.167. The number of rotatable bonds is 3. The zero-order valence-electron chi connectivity index (χ0n) is 17.3. The lowest BCUT2D eigenvalue weighted by atomic mass is 9.92. The quantitative estimate of drug-likeness (QED) is 0.661. The number of hydrogen-bond acceptors (Lipinski definition) is 2. The van der Waals surface area contributed by atoms with Crippen LogP contribution in [-0.2, 0) is 16.0 Å². The minimum Gasteiger partial charge on any atom is -0.339 e. The lowest BCUT2D eigenvalue weighted by Crippen LogP contribution is -2.45. The van der Waals surface area contributed by atoms with E-state index in [4.69, 9.17) is 11.6 Å². The molecule has 2 amide bonds. The van der Waals surface area contributed by atoms with Crippen molar-refractivity contribution >= 4 is 35.2 Å². The largest absolute Gasteiger partial charge is 0.339 e. The van der Waals surface area contributed by atoms with E-state index in [0.29, 0.717) is 25.9 Å². The molecule has 30 heavy (non-hydrogen) atoms. The second kappa shape index (κ2) is 9.05. The van der Waals surface area contributed by atoms with Crippen molar-refractivity contribution in [1.29, 1.82) is 0 Å². The van der Waals surface area contributed by atoms with Crippen LogP contribution in [0.15, 0.2) is 48.5 Å². The first-order valence-electron chi connectivity index (χ1n) is 10.7.